The summed E-state index contributed by atoms with van der Waals surface area (Å²) >= 11 is 0. The zero-order chi connectivity index (χ0) is 7.94. The molecule has 1 atom stereocenters. The van der Waals surface area contributed by atoms with E-state index in [1.54, 1.807) is 0 Å². The SMILES string of the molecule is O=[C]OC1CCC#CCCC1. The highest BCUT2D eigenvalue weighted by atomic mass is 16.5. The maximum atomic E-state index is 9.89. The van der Waals surface area contributed by atoms with Crippen LogP contribution in [-0.4, -0.2) is 12.6 Å². The summed E-state index contributed by atoms with van der Waals surface area (Å²) in [6, 6.07) is 0. The van der Waals surface area contributed by atoms with E-state index >= 15 is 0 Å². The fourth-order valence-corrected chi connectivity index (χ4v) is 1.16. The van der Waals surface area contributed by atoms with Crippen molar-refractivity contribution in [2.24, 2.45) is 0 Å². The second-order valence-electron chi connectivity index (χ2n) is 2.61. The first kappa shape index (κ1) is 8.13. The molecule has 0 spiro atoms. The zero-order valence-corrected chi connectivity index (χ0v) is 6.43. The van der Waals surface area contributed by atoms with Crippen LogP contribution in [0.25, 0.3) is 0 Å². The average molecular weight is 151 g/mol. The lowest BCUT2D eigenvalue weighted by molar-refractivity contribution is 0.157. The minimum atomic E-state index is 0.0575. The minimum absolute atomic E-state index is 0.0575. The molecular weight excluding hydrogens is 140 g/mol. The molecular formula is C9H11O2. The Morgan fingerprint density at radius 2 is 2.09 bits per heavy atom. The van der Waals surface area contributed by atoms with E-state index in [9.17, 15) is 4.79 Å². The molecule has 0 saturated heterocycles. The van der Waals surface area contributed by atoms with Gasteiger partial charge in [-0.2, -0.15) is 0 Å². The molecule has 0 fully saturated rings. The van der Waals surface area contributed by atoms with Crippen LogP contribution in [0.15, 0.2) is 0 Å². The second-order valence-corrected chi connectivity index (χ2v) is 2.61. The fraction of sp³-hybridized carbons (Fsp3) is 0.667. The van der Waals surface area contributed by atoms with Gasteiger partial charge in [0.25, 0.3) is 0 Å². The van der Waals surface area contributed by atoms with Crippen LogP contribution in [0.3, 0.4) is 0 Å². The Morgan fingerprint density at radius 3 is 2.91 bits per heavy atom. The van der Waals surface area contributed by atoms with Crippen molar-refractivity contribution in [2.75, 3.05) is 0 Å². The summed E-state index contributed by atoms with van der Waals surface area (Å²) in [5.41, 5.74) is 0. The number of hydrogen-bond donors (Lipinski definition) is 0. The van der Waals surface area contributed by atoms with Gasteiger partial charge in [0.2, 0.25) is 0 Å². The Kier molecular flexibility index (Phi) is 3.54. The van der Waals surface area contributed by atoms with Crippen LogP contribution in [0, 0.1) is 11.8 Å². The van der Waals surface area contributed by atoms with E-state index in [1.165, 1.54) is 6.47 Å². The molecule has 0 N–H and O–H groups in total. The van der Waals surface area contributed by atoms with Crippen molar-refractivity contribution in [3.63, 3.8) is 0 Å². The monoisotopic (exact) mass is 151 g/mol. The lowest BCUT2D eigenvalue weighted by Crippen LogP contribution is -2.12. The molecule has 2 nitrogen and oxygen atoms in total. The fourth-order valence-electron chi connectivity index (χ4n) is 1.16. The molecule has 0 amide bonds. The topological polar surface area (TPSA) is 26.3 Å². The molecule has 1 aliphatic rings. The van der Waals surface area contributed by atoms with Gasteiger partial charge in [-0.1, -0.05) is 0 Å². The molecule has 0 bridgehead atoms. The van der Waals surface area contributed by atoms with E-state index < -0.39 is 0 Å². The zero-order valence-electron chi connectivity index (χ0n) is 6.43. The molecule has 59 valence electrons. The highest BCUT2D eigenvalue weighted by Gasteiger charge is 2.09. The number of carbonyl (C=O) groups excluding carboxylic acids is 1. The summed E-state index contributed by atoms with van der Waals surface area (Å²) in [7, 11) is 0. The Labute approximate surface area is 66.9 Å². The maximum Gasteiger partial charge on any atom is 0.417 e. The third-order valence-corrected chi connectivity index (χ3v) is 1.76. The summed E-state index contributed by atoms with van der Waals surface area (Å²) < 4.78 is 4.74. The van der Waals surface area contributed by atoms with Gasteiger partial charge in [0.15, 0.2) is 0 Å². The van der Waals surface area contributed by atoms with Crippen molar-refractivity contribution in [1.82, 2.24) is 0 Å². The van der Waals surface area contributed by atoms with Gasteiger partial charge in [0, 0.05) is 12.8 Å². The molecule has 0 aromatic rings. The van der Waals surface area contributed by atoms with Crippen LogP contribution in [-0.2, 0) is 9.53 Å². The first-order chi connectivity index (χ1) is 5.43. The smallest absolute Gasteiger partial charge is 0.417 e. The Hall–Kier alpha value is -0.970. The summed E-state index contributed by atoms with van der Waals surface area (Å²) in [5.74, 6) is 6.06. The molecule has 0 heterocycles. The molecule has 1 aliphatic carbocycles. The predicted octanol–water partition coefficient (Wildman–Crippen LogP) is 1.41. The van der Waals surface area contributed by atoms with Gasteiger partial charge in [0.1, 0.15) is 6.10 Å². The van der Waals surface area contributed by atoms with Crippen molar-refractivity contribution >= 4 is 6.47 Å². The lowest BCUT2D eigenvalue weighted by Gasteiger charge is -2.12. The van der Waals surface area contributed by atoms with Crippen LogP contribution in [0.4, 0.5) is 0 Å². The van der Waals surface area contributed by atoms with Crippen LogP contribution in [0.2, 0.25) is 0 Å². The number of ether oxygens (including phenoxy) is 1. The third-order valence-electron chi connectivity index (χ3n) is 1.76. The van der Waals surface area contributed by atoms with Gasteiger partial charge in [-0.3, -0.25) is 0 Å². The van der Waals surface area contributed by atoms with Crippen LogP contribution in [0.5, 0.6) is 0 Å². The molecule has 11 heavy (non-hydrogen) atoms. The van der Waals surface area contributed by atoms with E-state index in [0.29, 0.717) is 0 Å². The summed E-state index contributed by atoms with van der Waals surface area (Å²) in [6.45, 7) is 1.49. The van der Waals surface area contributed by atoms with E-state index in [0.717, 1.165) is 32.1 Å². The molecule has 0 aromatic carbocycles. The van der Waals surface area contributed by atoms with Gasteiger partial charge in [-0.05, 0) is 19.3 Å². The van der Waals surface area contributed by atoms with Crippen LogP contribution >= 0.6 is 0 Å². The van der Waals surface area contributed by atoms with E-state index in [4.69, 9.17) is 4.74 Å². The van der Waals surface area contributed by atoms with E-state index in [-0.39, 0.29) is 6.10 Å². The average Bonchev–Trinajstić information content (AvgIpc) is 1.94. The standard InChI is InChI=1S/C9H11O2/c10-8-11-9-6-4-2-1-3-5-7-9/h9H,2,4-7H2. The maximum absolute atomic E-state index is 9.89. The second kappa shape index (κ2) is 4.79. The van der Waals surface area contributed by atoms with Gasteiger partial charge < -0.3 is 4.74 Å². The normalized spacial score (nSPS) is 23.8. The van der Waals surface area contributed by atoms with Gasteiger partial charge in [-0.15, -0.1) is 11.8 Å². The minimum Gasteiger partial charge on any atom is -0.454 e. The molecule has 1 rings (SSSR count). The van der Waals surface area contributed by atoms with E-state index in [1.807, 2.05) is 0 Å². The molecule has 1 unspecified atom stereocenters. The van der Waals surface area contributed by atoms with Crippen molar-refractivity contribution in [2.45, 2.75) is 38.2 Å². The lowest BCUT2D eigenvalue weighted by atomic mass is 10.1. The molecule has 1 radical (unpaired) electrons. The summed E-state index contributed by atoms with van der Waals surface area (Å²) in [5, 5.41) is 0. The van der Waals surface area contributed by atoms with Crippen molar-refractivity contribution < 1.29 is 9.53 Å². The summed E-state index contributed by atoms with van der Waals surface area (Å²) in [4.78, 5) is 9.89. The molecule has 2 heteroatoms. The predicted molar refractivity (Wildman–Crippen MR) is 41.4 cm³/mol. The highest BCUT2D eigenvalue weighted by molar-refractivity contribution is 5.38. The third kappa shape index (κ3) is 3.08. The Morgan fingerprint density at radius 1 is 1.27 bits per heavy atom. The Bertz CT molecular complexity index is 176. The summed E-state index contributed by atoms with van der Waals surface area (Å²) in [6.07, 6.45) is 4.65. The first-order valence-corrected chi connectivity index (χ1v) is 3.92. The van der Waals surface area contributed by atoms with Gasteiger partial charge in [0.05, 0.1) is 0 Å². The largest absolute Gasteiger partial charge is 0.454 e. The molecule has 0 aromatic heterocycles. The van der Waals surface area contributed by atoms with E-state index in [2.05, 4.69) is 11.8 Å². The van der Waals surface area contributed by atoms with Gasteiger partial charge in [-0.25, -0.2) is 4.79 Å². The molecule has 0 aliphatic heterocycles. The number of rotatable bonds is 2. The van der Waals surface area contributed by atoms with Crippen LogP contribution < -0.4 is 0 Å². The van der Waals surface area contributed by atoms with Crippen LogP contribution in [0.1, 0.15) is 32.1 Å². The molecule has 0 saturated carbocycles. The number of hydrogen-bond acceptors (Lipinski definition) is 2. The Balaban J connectivity index is 2.32. The highest BCUT2D eigenvalue weighted by Crippen LogP contribution is 2.11. The first-order valence-electron chi connectivity index (χ1n) is 3.92. The van der Waals surface area contributed by atoms with Crippen molar-refractivity contribution in [3.05, 3.63) is 0 Å². The van der Waals surface area contributed by atoms with Crippen molar-refractivity contribution in [3.8, 4) is 11.8 Å². The van der Waals surface area contributed by atoms with Gasteiger partial charge >= 0.3 is 6.47 Å². The van der Waals surface area contributed by atoms with Crippen molar-refractivity contribution in [1.29, 1.82) is 0 Å². The quantitative estimate of drug-likeness (QED) is 0.558.